The van der Waals surface area contributed by atoms with Crippen molar-refractivity contribution < 1.29 is 14.8 Å². The van der Waals surface area contributed by atoms with Crippen LogP contribution in [-0.4, -0.2) is 35.1 Å². The highest BCUT2D eigenvalue weighted by molar-refractivity contribution is 5.98. The SMILES string of the molecule is C[C@H](N)[C@H](NC(=O)c1ccc(-c2ccc(CNC3CC3)cc2)cc1)C(=O)NO. The fraction of sp³-hybridized carbons (Fsp3) is 0.333. The predicted molar refractivity (Wildman–Crippen MR) is 107 cm³/mol. The molecule has 1 saturated carbocycles. The fourth-order valence-corrected chi connectivity index (χ4v) is 2.91. The van der Waals surface area contributed by atoms with Crippen LogP contribution in [0.1, 0.15) is 35.7 Å². The van der Waals surface area contributed by atoms with Gasteiger partial charge >= 0.3 is 0 Å². The zero-order valence-corrected chi connectivity index (χ0v) is 15.8. The third-order valence-corrected chi connectivity index (χ3v) is 4.81. The summed E-state index contributed by atoms with van der Waals surface area (Å²) >= 11 is 0. The summed E-state index contributed by atoms with van der Waals surface area (Å²) in [7, 11) is 0. The van der Waals surface area contributed by atoms with Crippen molar-refractivity contribution in [1.29, 1.82) is 0 Å². The maximum atomic E-state index is 12.4. The van der Waals surface area contributed by atoms with Gasteiger partial charge in [0.05, 0.1) is 0 Å². The molecule has 0 aromatic heterocycles. The molecule has 0 heterocycles. The van der Waals surface area contributed by atoms with Crippen molar-refractivity contribution in [2.24, 2.45) is 5.73 Å². The summed E-state index contributed by atoms with van der Waals surface area (Å²) in [5.74, 6) is -1.19. The number of hydrogen-bond acceptors (Lipinski definition) is 5. The fourth-order valence-electron chi connectivity index (χ4n) is 2.91. The molecule has 2 aromatic rings. The number of rotatable bonds is 8. The largest absolute Gasteiger partial charge is 0.339 e. The van der Waals surface area contributed by atoms with Crippen molar-refractivity contribution in [2.75, 3.05) is 0 Å². The van der Waals surface area contributed by atoms with Crippen LogP contribution in [-0.2, 0) is 11.3 Å². The highest BCUT2D eigenvalue weighted by atomic mass is 16.5. The topological polar surface area (TPSA) is 116 Å². The van der Waals surface area contributed by atoms with E-state index < -0.39 is 23.9 Å². The summed E-state index contributed by atoms with van der Waals surface area (Å²) in [5.41, 5.74) is 10.9. The van der Waals surface area contributed by atoms with Crippen LogP contribution in [0.3, 0.4) is 0 Å². The van der Waals surface area contributed by atoms with Gasteiger partial charge in [-0.25, -0.2) is 5.48 Å². The van der Waals surface area contributed by atoms with Crippen molar-refractivity contribution in [3.8, 4) is 11.1 Å². The molecule has 6 N–H and O–H groups in total. The maximum absolute atomic E-state index is 12.4. The summed E-state index contributed by atoms with van der Waals surface area (Å²) in [6.07, 6.45) is 2.54. The second-order valence-electron chi connectivity index (χ2n) is 7.22. The van der Waals surface area contributed by atoms with Crippen LogP contribution in [0.15, 0.2) is 48.5 Å². The standard InChI is InChI=1S/C21H26N4O3/c1-13(22)19(21(27)25-28)24-20(26)17-8-6-16(7-9-17)15-4-2-14(3-5-15)12-23-18-10-11-18/h2-9,13,18-19,23,28H,10-12,22H2,1H3,(H,24,26)(H,25,27)/t13-,19-/m0/s1. The average Bonchev–Trinajstić information content (AvgIpc) is 3.54. The van der Waals surface area contributed by atoms with Gasteiger partial charge in [0, 0.05) is 24.2 Å². The Hall–Kier alpha value is -2.74. The Morgan fingerprint density at radius 1 is 1.07 bits per heavy atom. The highest BCUT2D eigenvalue weighted by Crippen LogP contribution is 2.22. The number of hydroxylamine groups is 1. The summed E-state index contributed by atoms with van der Waals surface area (Å²) in [6.45, 7) is 2.46. The number of hydrogen-bond donors (Lipinski definition) is 5. The van der Waals surface area contributed by atoms with Crippen LogP contribution in [0.4, 0.5) is 0 Å². The minimum absolute atomic E-state index is 0.408. The molecule has 1 aliphatic rings. The van der Waals surface area contributed by atoms with Crippen LogP contribution < -0.4 is 21.8 Å². The predicted octanol–water partition coefficient (Wildman–Crippen LogP) is 1.56. The summed E-state index contributed by atoms with van der Waals surface area (Å²) < 4.78 is 0. The first-order valence-corrected chi connectivity index (χ1v) is 9.41. The number of nitrogens with one attached hydrogen (secondary N) is 3. The van der Waals surface area contributed by atoms with Crippen LogP contribution in [0.25, 0.3) is 11.1 Å². The normalized spacial score (nSPS) is 15.5. The van der Waals surface area contributed by atoms with Crippen LogP contribution in [0.5, 0.6) is 0 Å². The third kappa shape index (κ3) is 5.16. The molecule has 2 aromatic carbocycles. The number of amides is 2. The smallest absolute Gasteiger partial charge is 0.267 e. The Balaban J connectivity index is 1.63. The number of nitrogens with two attached hydrogens (primary N) is 1. The van der Waals surface area contributed by atoms with E-state index in [9.17, 15) is 9.59 Å². The van der Waals surface area contributed by atoms with E-state index in [0.717, 1.165) is 17.7 Å². The Morgan fingerprint density at radius 3 is 2.14 bits per heavy atom. The Kier molecular flexibility index (Phi) is 6.41. The van der Waals surface area contributed by atoms with E-state index in [2.05, 4.69) is 34.9 Å². The van der Waals surface area contributed by atoms with Gasteiger partial charge in [-0.05, 0) is 48.6 Å². The molecule has 28 heavy (non-hydrogen) atoms. The summed E-state index contributed by atoms with van der Waals surface area (Å²) in [6, 6.07) is 14.5. The van der Waals surface area contributed by atoms with Crippen molar-refractivity contribution in [1.82, 2.24) is 16.1 Å². The second-order valence-corrected chi connectivity index (χ2v) is 7.22. The first-order chi connectivity index (χ1) is 13.5. The molecule has 7 heteroatoms. The van der Waals surface area contributed by atoms with Crippen molar-refractivity contribution in [2.45, 2.75) is 44.4 Å². The van der Waals surface area contributed by atoms with Crippen molar-refractivity contribution >= 4 is 11.8 Å². The van der Waals surface area contributed by atoms with E-state index in [1.807, 2.05) is 12.1 Å². The number of carbonyl (C=O) groups is 2. The lowest BCUT2D eigenvalue weighted by atomic mass is 10.0. The molecule has 3 rings (SSSR count). The second kappa shape index (κ2) is 8.97. The lowest BCUT2D eigenvalue weighted by molar-refractivity contribution is -0.131. The van der Waals surface area contributed by atoms with Crippen LogP contribution >= 0.6 is 0 Å². The Labute approximate surface area is 164 Å². The van der Waals surface area contributed by atoms with Crippen LogP contribution in [0, 0.1) is 0 Å². The molecule has 0 radical (unpaired) electrons. The third-order valence-electron chi connectivity index (χ3n) is 4.81. The Bertz CT molecular complexity index is 815. The van der Waals surface area contributed by atoms with E-state index in [0.29, 0.717) is 11.6 Å². The van der Waals surface area contributed by atoms with E-state index in [4.69, 9.17) is 10.9 Å². The van der Waals surface area contributed by atoms with Crippen molar-refractivity contribution in [3.63, 3.8) is 0 Å². The van der Waals surface area contributed by atoms with Gasteiger partial charge in [-0.1, -0.05) is 36.4 Å². The van der Waals surface area contributed by atoms with Gasteiger partial charge in [-0.3, -0.25) is 14.8 Å². The maximum Gasteiger partial charge on any atom is 0.267 e. The molecule has 0 spiro atoms. The van der Waals surface area contributed by atoms with Gasteiger partial charge in [0.1, 0.15) is 6.04 Å². The molecule has 0 bridgehead atoms. The zero-order chi connectivity index (χ0) is 20.1. The monoisotopic (exact) mass is 382 g/mol. The van der Waals surface area contributed by atoms with E-state index in [1.165, 1.54) is 23.9 Å². The Morgan fingerprint density at radius 2 is 1.64 bits per heavy atom. The minimum Gasteiger partial charge on any atom is -0.339 e. The summed E-state index contributed by atoms with van der Waals surface area (Å²) in [4.78, 5) is 24.0. The van der Waals surface area contributed by atoms with E-state index in [1.54, 1.807) is 19.1 Å². The molecule has 0 saturated heterocycles. The lowest BCUT2D eigenvalue weighted by Gasteiger charge is -2.20. The lowest BCUT2D eigenvalue weighted by Crippen LogP contribution is -2.54. The average molecular weight is 382 g/mol. The van der Waals surface area contributed by atoms with Gasteiger partial charge in [0.15, 0.2) is 0 Å². The summed E-state index contributed by atoms with van der Waals surface area (Å²) in [5, 5.41) is 14.8. The minimum atomic E-state index is -1.02. The molecule has 2 atom stereocenters. The van der Waals surface area contributed by atoms with E-state index >= 15 is 0 Å². The quantitative estimate of drug-likeness (QED) is 0.351. The van der Waals surface area contributed by atoms with Gasteiger partial charge in [0.25, 0.3) is 11.8 Å². The van der Waals surface area contributed by atoms with Gasteiger partial charge in [-0.2, -0.15) is 0 Å². The molecule has 7 nitrogen and oxygen atoms in total. The molecule has 1 aliphatic carbocycles. The van der Waals surface area contributed by atoms with Gasteiger partial charge < -0.3 is 16.4 Å². The molecular weight excluding hydrogens is 356 g/mol. The van der Waals surface area contributed by atoms with Crippen LogP contribution in [0.2, 0.25) is 0 Å². The zero-order valence-electron chi connectivity index (χ0n) is 15.8. The molecule has 2 amide bonds. The van der Waals surface area contributed by atoms with Gasteiger partial charge in [0.2, 0.25) is 0 Å². The van der Waals surface area contributed by atoms with E-state index in [-0.39, 0.29) is 0 Å². The highest BCUT2D eigenvalue weighted by Gasteiger charge is 2.24. The molecule has 0 aliphatic heterocycles. The first-order valence-electron chi connectivity index (χ1n) is 9.41. The van der Waals surface area contributed by atoms with Crippen molar-refractivity contribution in [3.05, 3.63) is 59.7 Å². The molecule has 1 fully saturated rings. The number of carbonyl (C=O) groups excluding carboxylic acids is 2. The molecule has 0 unspecified atom stereocenters. The number of benzene rings is 2. The molecular formula is C21H26N4O3. The first kappa shape index (κ1) is 20.0. The molecule has 148 valence electrons. The van der Waals surface area contributed by atoms with Gasteiger partial charge in [-0.15, -0.1) is 0 Å².